The Morgan fingerprint density at radius 1 is 1.56 bits per heavy atom. The van der Waals surface area contributed by atoms with Crippen LogP contribution in [0.25, 0.3) is 0 Å². The maximum atomic E-state index is 8.74. The molecule has 0 fully saturated rings. The minimum absolute atomic E-state index is 0.0885. The Hall–Kier alpha value is 0.773. The fraction of sp³-hybridized carbons (Fsp3) is 1.00. The molecule has 0 saturated heterocycles. The van der Waals surface area contributed by atoms with Gasteiger partial charge in [0.25, 0.3) is 0 Å². The van der Waals surface area contributed by atoms with Gasteiger partial charge in [0, 0.05) is 0 Å². The van der Waals surface area contributed by atoms with Crippen LogP contribution in [0.1, 0.15) is 13.3 Å². The van der Waals surface area contributed by atoms with Crippen molar-refractivity contribution in [2.45, 2.75) is 23.9 Å². The van der Waals surface area contributed by atoms with E-state index >= 15 is 0 Å². The van der Waals surface area contributed by atoms with Gasteiger partial charge < -0.3 is 9.79 Å². The van der Waals surface area contributed by atoms with E-state index in [9.17, 15) is 0 Å². The van der Waals surface area contributed by atoms with Crippen molar-refractivity contribution in [3.05, 3.63) is 0 Å². The summed E-state index contributed by atoms with van der Waals surface area (Å²) in [4.78, 5) is 14.3. The average Bonchev–Trinajstić information content (AvgIpc) is 1.66. The minimum atomic E-state index is -3.13. The molecular formula is C4H13O3PZn. The average molecular weight is 206 g/mol. The Morgan fingerprint density at radius 3 is 1.89 bits per heavy atom. The predicted molar refractivity (Wildman–Crippen MR) is 34.4 cm³/mol. The zero-order valence-corrected chi connectivity index (χ0v) is 9.89. The maximum absolute atomic E-state index is 8.74. The first-order valence-corrected chi connectivity index (χ1v) is 9.43. The Morgan fingerprint density at radius 2 is 1.89 bits per heavy atom. The van der Waals surface area contributed by atoms with E-state index < -0.39 is 8.25 Å². The largest absolute Gasteiger partial charge is 0.326 e. The monoisotopic (exact) mass is 204 g/mol. The van der Waals surface area contributed by atoms with E-state index in [2.05, 4.69) is 12.4 Å². The molecule has 0 spiro atoms. The normalized spacial score (nSPS) is 7.67. The van der Waals surface area contributed by atoms with Crippen LogP contribution >= 0.6 is 8.25 Å². The van der Waals surface area contributed by atoms with Crippen LogP contribution in [0.3, 0.4) is 0 Å². The maximum Gasteiger partial charge on any atom is 0.314 e. The SMILES string of the molecule is CC[CH2][Zn][CH3].O=[PH](O)O. The van der Waals surface area contributed by atoms with E-state index in [1.807, 2.05) is 0 Å². The molecule has 0 rings (SSSR count). The third-order valence-electron chi connectivity index (χ3n) is 0.707. The second kappa shape index (κ2) is 11.6. The van der Waals surface area contributed by atoms with E-state index in [0.717, 1.165) is 0 Å². The van der Waals surface area contributed by atoms with Crippen molar-refractivity contribution in [3.63, 3.8) is 0 Å². The molecule has 0 bridgehead atoms. The molecule has 0 heterocycles. The van der Waals surface area contributed by atoms with E-state index in [1.165, 1.54) is 6.42 Å². The minimum Gasteiger partial charge on any atom is -0.326 e. The van der Waals surface area contributed by atoms with E-state index in [4.69, 9.17) is 14.4 Å². The molecule has 9 heavy (non-hydrogen) atoms. The van der Waals surface area contributed by atoms with E-state index in [1.54, 1.807) is 5.02 Å². The van der Waals surface area contributed by atoms with Crippen LogP contribution in [-0.4, -0.2) is 9.79 Å². The van der Waals surface area contributed by atoms with Crippen molar-refractivity contribution in [2.75, 3.05) is 0 Å². The fourth-order valence-electron chi connectivity index (χ4n) is 0.354. The van der Waals surface area contributed by atoms with Crippen LogP contribution in [0.5, 0.6) is 0 Å². The Kier molecular flexibility index (Phi) is 16.0. The second-order valence-electron chi connectivity index (χ2n) is 1.64. The third kappa shape index (κ3) is 52.3. The molecule has 5 heteroatoms. The molecule has 0 unspecified atom stereocenters. The number of hydrogen-bond acceptors (Lipinski definition) is 1. The van der Waals surface area contributed by atoms with Gasteiger partial charge in [-0.3, -0.25) is 4.57 Å². The molecule has 0 aliphatic carbocycles. The van der Waals surface area contributed by atoms with E-state index in [0.29, 0.717) is 0 Å². The van der Waals surface area contributed by atoms with Crippen LogP contribution in [-0.2, 0) is 21.7 Å². The summed E-state index contributed by atoms with van der Waals surface area (Å²) in [5.74, 6) is 0. The quantitative estimate of drug-likeness (QED) is 0.528. The molecule has 0 aromatic rings. The van der Waals surface area contributed by atoms with Crippen molar-refractivity contribution < 1.29 is 31.5 Å². The molecule has 0 atom stereocenters. The Bertz CT molecular complexity index is 62.8. The van der Waals surface area contributed by atoms with Gasteiger partial charge in [-0.25, -0.2) is 0 Å². The molecule has 0 radical (unpaired) electrons. The zero-order chi connectivity index (χ0) is 7.70. The molecule has 54 valence electrons. The fourth-order valence-corrected chi connectivity index (χ4v) is 1.84. The molecule has 0 aliphatic heterocycles. The van der Waals surface area contributed by atoms with Gasteiger partial charge in [-0.2, -0.15) is 0 Å². The summed E-state index contributed by atoms with van der Waals surface area (Å²) < 4.78 is 8.74. The van der Waals surface area contributed by atoms with Crippen LogP contribution in [0, 0.1) is 0 Å². The molecule has 0 amide bonds. The number of rotatable bonds is 2. The molecular weight excluding hydrogens is 192 g/mol. The van der Waals surface area contributed by atoms with Gasteiger partial charge in [0.05, 0.1) is 0 Å². The van der Waals surface area contributed by atoms with Crippen molar-refractivity contribution in [3.8, 4) is 0 Å². The van der Waals surface area contributed by atoms with Gasteiger partial charge in [-0.1, -0.05) is 0 Å². The van der Waals surface area contributed by atoms with Gasteiger partial charge in [0.15, 0.2) is 0 Å². The summed E-state index contributed by atoms with van der Waals surface area (Å²) >= 11 is 0.0885. The van der Waals surface area contributed by atoms with Gasteiger partial charge >= 0.3 is 49.3 Å². The molecule has 0 saturated carbocycles. The molecule has 0 aromatic carbocycles. The van der Waals surface area contributed by atoms with Gasteiger partial charge in [-0.15, -0.1) is 0 Å². The topological polar surface area (TPSA) is 57.5 Å². The van der Waals surface area contributed by atoms with Crippen LogP contribution in [0.15, 0.2) is 0 Å². The number of hydrogen-bond donors (Lipinski definition) is 2. The van der Waals surface area contributed by atoms with Gasteiger partial charge in [0.2, 0.25) is 0 Å². The summed E-state index contributed by atoms with van der Waals surface area (Å²) in [6.45, 7) is 2.26. The van der Waals surface area contributed by atoms with Crippen molar-refractivity contribution in [2.24, 2.45) is 0 Å². The predicted octanol–water partition coefficient (Wildman–Crippen LogP) is 1.31. The Labute approximate surface area is 64.0 Å². The molecule has 3 nitrogen and oxygen atoms in total. The standard InChI is InChI=1S/C3H7.CH3.H3O3P.Zn/c1-3-2;;1-4(2)3;/h1,3H2,2H3;1H3;4H,(H2,1,2,3);. The Balaban J connectivity index is 0. The summed E-state index contributed by atoms with van der Waals surface area (Å²) in [6, 6.07) is 0. The second-order valence-corrected chi connectivity index (χ2v) is 5.78. The van der Waals surface area contributed by atoms with Crippen LogP contribution < -0.4 is 0 Å². The first-order chi connectivity index (χ1) is 4.15. The van der Waals surface area contributed by atoms with Gasteiger partial charge in [-0.05, 0) is 0 Å². The van der Waals surface area contributed by atoms with Crippen molar-refractivity contribution in [1.29, 1.82) is 0 Å². The molecule has 0 aliphatic rings. The molecule has 2 N–H and O–H groups in total. The van der Waals surface area contributed by atoms with Crippen LogP contribution in [0.2, 0.25) is 10.5 Å². The first kappa shape index (κ1) is 12.4. The van der Waals surface area contributed by atoms with Crippen molar-refractivity contribution >= 4 is 8.25 Å². The smallest absolute Gasteiger partial charge is 0.314 e. The third-order valence-corrected chi connectivity index (χ3v) is 3.67. The summed E-state index contributed by atoms with van der Waals surface area (Å²) in [5, 5.41) is 1.58. The summed E-state index contributed by atoms with van der Waals surface area (Å²) in [7, 11) is -3.13. The van der Waals surface area contributed by atoms with E-state index in [-0.39, 0.29) is 17.1 Å². The van der Waals surface area contributed by atoms with Crippen molar-refractivity contribution in [1.82, 2.24) is 0 Å². The van der Waals surface area contributed by atoms with Gasteiger partial charge in [0.1, 0.15) is 0 Å². The summed E-state index contributed by atoms with van der Waals surface area (Å²) in [5.41, 5.74) is 2.40. The summed E-state index contributed by atoms with van der Waals surface area (Å²) in [6.07, 6.45) is 1.43. The zero-order valence-electron chi connectivity index (χ0n) is 5.92. The van der Waals surface area contributed by atoms with Crippen LogP contribution in [0.4, 0.5) is 0 Å². The molecule has 0 aromatic heterocycles. The first-order valence-electron chi connectivity index (χ1n) is 3.07.